The standard InChI is InChI=1S/C12H16/c1-5-11-7-9(3)10(4)8-12(11)6-2/h5-10H,1-2H2,3-4H3. The summed E-state index contributed by atoms with van der Waals surface area (Å²) < 4.78 is 0. The van der Waals surface area contributed by atoms with Gasteiger partial charge >= 0.3 is 0 Å². The Balaban J connectivity index is 2.99. The Kier molecular flexibility index (Phi) is 2.69. The third-order valence-corrected chi connectivity index (χ3v) is 2.49. The second-order valence-electron chi connectivity index (χ2n) is 3.37. The van der Waals surface area contributed by atoms with Crippen molar-refractivity contribution >= 4 is 0 Å². The lowest BCUT2D eigenvalue weighted by Gasteiger charge is -2.21. The molecule has 2 atom stereocenters. The summed E-state index contributed by atoms with van der Waals surface area (Å²) in [7, 11) is 0. The van der Waals surface area contributed by atoms with E-state index in [1.807, 2.05) is 12.2 Å². The second kappa shape index (κ2) is 3.57. The molecular formula is C12H16. The summed E-state index contributed by atoms with van der Waals surface area (Å²) in [5.41, 5.74) is 2.44. The van der Waals surface area contributed by atoms with Crippen LogP contribution in [0, 0.1) is 11.8 Å². The van der Waals surface area contributed by atoms with Crippen LogP contribution in [0.1, 0.15) is 13.8 Å². The number of allylic oxidation sites excluding steroid dienone is 6. The fraction of sp³-hybridized carbons (Fsp3) is 0.333. The van der Waals surface area contributed by atoms with Gasteiger partial charge in [-0.1, -0.05) is 51.3 Å². The highest BCUT2D eigenvalue weighted by Gasteiger charge is 2.14. The first-order chi connectivity index (χ1) is 5.69. The molecule has 0 heteroatoms. The monoisotopic (exact) mass is 160 g/mol. The van der Waals surface area contributed by atoms with Gasteiger partial charge in [-0.15, -0.1) is 0 Å². The van der Waals surface area contributed by atoms with Crippen molar-refractivity contribution in [3.05, 3.63) is 48.6 Å². The number of hydrogen-bond acceptors (Lipinski definition) is 0. The average molecular weight is 160 g/mol. The van der Waals surface area contributed by atoms with E-state index in [9.17, 15) is 0 Å². The van der Waals surface area contributed by atoms with Gasteiger partial charge < -0.3 is 0 Å². The Labute approximate surface area is 75.0 Å². The van der Waals surface area contributed by atoms with Gasteiger partial charge in [0.1, 0.15) is 0 Å². The smallest absolute Gasteiger partial charge is 0.0192 e. The van der Waals surface area contributed by atoms with Gasteiger partial charge in [0, 0.05) is 0 Å². The molecule has 64 valence electrons. The maximum absolute atomic E-state index is 3.79. The zero-order chi connectivity index (χ0) is 9.14. The van der Waals surface area contributed by atoms with Crippen molar-refractivity contribution in [3.8, 4) is 0 Å². The van der Waals surface area contributed by atoms with Gasteiger partial charge in [0.2, 0.25) is 0 Å². The molecule has 0 aliphatic heterocycles. The minimum absolute atomic E-state index is 0.613. The minimum Gasteiger partial charge on any atom is -0.0985 e. The highest BCUT2D eigenvalue weighted by molar-refractivity contribution is 5.47. The molecule has 0 saturated heterocycles. The fourth-order valence-corrected chi connectivity index (χ4v) is 1.43. The SMILES string of the molecule is C=CC1=CC(C)C(C)C=C1C=C. The van der Waals surface area contributed by atoms with Gasteiger partial charge in [0.05, 0.1) is 0 Å². The molecule has 12 heavy (non-hydrogen) atoms. The van der Waals surface area contributed by atoms with Gasteiger partial charge in [0.15, 0.2) is 0 Å². The molecule has 0 bridgehead atoms. The van der Waals surface area contributed by atoms with E-state index >= 15 is 0 Å². The van der Waals surface area contributed by atoms with Crippen molar-refractivity contribution in [1.82, 2.24) is 0 Å². The summed E-state index contributed by atoms with van der Waals surface area (Å²) in [6.45, 7) is 12.0. The topological polar surface area (TPSA) is 0 Å². The van der Waals surface area contributed by atoms with Crippen LogP contribution in [0.15, 0.2) is 48.6 Å². The third-order valence-electron chi connectivity index (χ3n) is 2.49. The molecule has 1 rings (SSSR count). The quantitative estimate of drug-likeness (QED) is 0.580. The summed E-state index contributed by atoms with van der Waals surface area (Å²) in [5.74, 6) is 1.23. The summed E-state index contributed by atoms with van der Waals surface area (Å²) in [4.78, 5) is 0. The molecule has 0 heterocycles. The molecule has 1 aliphatic rings. The van der Waals surface area contributed by atoms with E-state index < -0.39 is 0 Å². The van der Waals surface area contributed by atoms with Crippen LogP contribution >= 0.6 is 0 Å². The van der Waals surface area contributed by atoms with E-state index in [4.69, 9.17) is 0 Å². The molecule has 0 N–H and O–H groups in total. The van der Waals surface area contributed by atoms with Crippen LogP contribution in [0.5, 0.6) is 0 Å². The highest BCUT2D eigenvalue weighted by atomic mass is 14.2. The van der Waals surface area contributed by atoms with Crippen LogP contribution in [-0.2, 0) is 0 Å². The molecule has 0 saturated carbocycles. The Bertz CT molecular complexity index is 225. The first-order valence-corrected chi connectivity index (χ1v) is 4.38. The molecule has 0 spiro atoms. The third kappa shape index (κ3) is 1.58. The van der Waals surface area contributed by atoms with Crippen LogP contribution in [0.25, 0.3) is 0 Å². The predicted octanol–water partition coefficient (Wildman–Crippen LogP) is 3.50. The predicted molar refractivity (Wildman–Crippen MR) is 54.9 cm³/mol. The molecule has 0 aromatic carbocycles. The van der Waals surface area contributed by atoms with E-state index in [1.54, 1.807) is 0 Å². The molecular weight excluding hydrogens is 144 g/mol. The van der Waals surface area contributed by atoms with E-state index in [0.29, 0.717) is 11.8 Å². The maximum Gasteiger partial charge on any atom is -0.0192 e. The fourth-order valence-electron chi connectivity index (χ4n) is 1.43. The van der Waals surface area contributed by atoms with Crippen molar-refractivity contribution in [1.29, 1.82) is 0 Å². The van der Waals surface area contributed by atoms with E-state index in [2.05, 4.69) is 39.2 Å². The van der Waals surface area contributed by atoms with Gasteiger partial charge in [-0.05, 0) is 23.0 Å². The van der Waals surface area contributed by atoms with E-state index in [1.165, 1.54) is 11.1 Å². The van der Waals surface area contributed by atoms with Gasteiger partial charge in [-0.2, -0.15) is 0 Å². The normalized spacial score (nSPS) is 28.8. The molecule has 0 amide bonds. The molecule has 1 aliphatic carbocycles. The highest BCUT2D eigenvalue weighted by Crippen LogP contribution is 2.28. The molecule has 0 fully saturated rings. The average Bonchev–Trinajstić information content (AvgIpc) is 2.09. The van der Waals surface area contributed by atoms with Crippen molar-refractivity contribution < 1.29 is 0 Å². The molecule has 0 radical (unpaired) electrons. The number of rotatable bonds is 2. The zero-order valence-corrected chi connectivity index (χ0v) is 7.88. The lowest BCUT2D eigenvalue weighted by Crippen LogP contribution is -2.08. The maximum atomic E-state index is 3.79. The van der Waals surface area contributed by atoms with E-state index in [-0.39, 0.29) is 0 Å². The second-order valence-corrected chi connectivity index (χ2v) is 3.37. The van der Waals surface area contributed by atoms with Crippen molar-refractivity contribution in [2.45, 2.75) is 13.8 Å². The van der Waals surface area contributed by atoms with Gasteiger partial charge in [0.25, 0.3) is 0 Å². The van der Waals surface area contributed by atoms with Gasteiger partial charge in [-0.25, -0.2) is 0 Å². The summed E-state index contributed by atoms with van der Waals surface area (Å²) >= 11 is 0. The minimum atomic E-state index is 0.613. The first-order valence-electron chi connectivity index (χ1n) is 4.38. The summed E-state index contributed by atoms with van der Waals surface area (Å²) in [6.07, 6.45) is 8.31. The molecule has 0 nitrogen and oxygen atoms in total. The lowest BCUT2D eigenvalue weighted by atomic mass is 9.84. The zero-order valence-electron chi connectivity index (χ0n) is 7.88. The molecule has 0 aromatic rings. The Morgan fingerprint density at radius 1 is 1.00 bits per heavy atom. The lowest BCUT2D eigenvalue weighted by molar-refractivity contribution is 0.547. The van der Waals surface area contributed by atoms with Crippen molar-refractivity contribution in [2.75, 3.05) is 0 Å². The summed E-state index contributed by atoms with van der Waals surface area (Å²) in [5, 5.41) is 0. The van der Waals surface area contributed by atoms with Crippen molar-refractivity contribution in [3.63, 3.8) is 0 Å². The molecule has 0 aromatic heterocycles. The van der Waals surface area contributed by atoms with Crippen LogP contribution < -0.4 is 0 Å². The van der Waals surface area contributed by atoms with Crippen LogP contribution in [0.4, 0.5) is 0 Å². The van der Waals surface area contributed by atoms with Crippen LogP contribution in [0.2, 0.25) is 0 Å². The largest absolute Gasteiger partial charge is 0.0985 e. The van der Waals surface area contributed by atoms with Crippen molar-refractivity contribution in [2.24, 2.45) is 11.8 Å². The molecule has 2 unspecified atom stereocenters. The van der Waals surface area contributed by atoms with Crippen LogP contribution in [-0.4, -0.2) is 0 Å². The Hall–Kier alpha value is -1.04. The van der Waals surface area contributed by atoms with Crippen LogP contribution in [0.3, 0.4) is 0 Å². The van der Waals surface area contributed by atoms with Gasteiger partial charge in [-0.3, -0.25) is 0 Å². The first kappa shape index (κ1) is 9.05. The Morgan fingerprint density at radius 2 is 1.33 bits per heavy atom. The number of hydrogen-bond donors (Lipinski definition) is 0. The Morgan fingerprint density at radius 3 is 1.58 bits per heavy atom. The van der Waals surface area contributed by atoms with E-state index in [0.717, 1.165) is 0 Å². The summed E-state index contributed by atoms with van der Waals surface area (Å²) in [6, 6.07) is 0.